The van der Waals surface area contributed by atoms with Crippen molar-refractivity contribution in [3.8, 4) is 0 Å². The molecule has 0 bridgehead atoms. The van der Waals surface area contributed by atoms with Gasteiger partial charge >= 0.3 is 6.03 Å². The highest BCUT2D eigenvalue weighted by Gasteiger charge is 2.64. The zero-order valence-electron chi connectivity index (χ0n) is 17.5. The molecule has 4 atom stereocenters. The normalized spacial score (nSPS) is 30.2. The summed E-state index contributed by atoms with van der Waals surface area (Å²) in [4.78, 5) is 43.2. The number of rotatable bonds is 1. The van der Waals surface area contributed by atoms with E-state index in [1.54, 1.807) is 42.5 Å². The fraction of sp³-hybridized carbons (Fsp3) is 0.375. The SMILES string of the molecule is C[C@@H]1C[C@H](C)[C@@H]2N(C1)c1c(F)cccc1C[C@]21C(=O)NC(=O)N(c2ccccc2)C1=O. The summed E-state index contributed by atoms with van der Waals surface area (Å²) in [6.45, 7) is 4.65. The molecule has 1 N–H and O–H groups in total. The molecule has 2 fully saturated rings. The van der Waals surface area contributed by atoms with Crippen molar-refractivity contribution in [1.82, 2.24) is 5.32 Å². The first-order valence-electron chi connectivity index (χ1n) is 10.6. The second-order valence-electron chi connectivity index (χ2n) is 9.05. The van der Waals surface area contributed by atoms with Crippen molar-refractivity contribution >= 4 is 29.2 Å². The van der Waals surface area contributed by atoms with Crippen LogP contribution < -0.4 is 15.1 Å². The van der Waals surface area contributed by atoms with Gasteiger partial charge in [0.2, 0.25) is 5.91 Å². The lowest BCUT2D eigenvalue weighted by Gasteiger charge is -2.56. The number of para-hydroxylation sites is 2. The highest BCUT2D eigenvalue weighted by molar-refractivity contribution is 6.30. The maximum Gasteiger partial charge on any atom is 0.335 e. The second kappa shape index (κ2) is 6.90. The fourth-order valence-corrected chi connectivity index (χ4v) is 5.89. The van der Waals surface area contributed by atoms with Crippen molar-refractivity contribution in [1.29, 1.82) is 0 Å². The Morgan fingerprint density at radius 2 is 1.77 bits per heavy atom. The van der Waals surface area contributed by atoms with Crippen molar-refractivity contribution in [3.05, 3.63) is 59.9 Å². The number of barbiturate groups is 1. The molecule has 7 heteroatoms. The van der Waals surface area contributed by atoms with Gasteiger partial charge in [0.05, 0.1) is 17.4 Å². The first kappa shape index (κ1) is 19.7. The van der Waals surface area contributed by atoms with Crippen LogP contribution in [0.5, 0.6) is 0 Å². The number of halogens is 1. The number of amides is 4. The van der Waals surface area contributed by atoms with Gasteiger partial charge < -0.3 is 4.90 Å². The molecule has 3 aliphatic rings. The highest BCUT2D eigenvalue weighted by Crippen LogP contribution is 2.51. The van der Waals surface area contributed by atoms with Crippen LogP contribution in [0.2, 0.25) is 0 Å². The molecule has 4 amide bonds. The lowest BCUT2D eigenvalue weighted by Crippen LogP contribution is -2.74. The van der Waals surface area contributed by atoms with Crippen LogP contribution in [0.3, 0.4) is 0 Å². The summed E-state index contributed by atoms with van der Waals surface area (Å²) in [5, 5.41) is 2.44. The molecule has 5 rings (SSSR count). The molecule has 0 aliphatic carbocycles. The number of urea groups is 1. The first-order chi connectivity index (χ1) is 14.8. The Bertz CT molecular complexity index is 1090. The van der Waals surface area contributed by atoms with Gasteiger partial charge in [0.25, 0.3) is 5.91 Å². The Hall–Kier alpha value is -3.22. The number of nitrogens with zero attached hydrogens (tertiary/aromatic N) is 2. The van der Waals surface area contributed by atoms with Gasteiger partial charge in [0.15, 0.2) is 5.41 Å². The maximum atomic E-state index is 15.0. The number of fused-ring (bicyclic) bond motifs is 4. The van der Waals surface area contributed by atoms with Gasteiger partial charge in [0.1, 0.15) is 5.82 Å². The number of nitrogens with one attached hydrogen (secondary N) is 1. The van der Waals surface area contributed by atoms with Gasteiger partial charge in [-0.15, -0.1) is 0 Å². The number of hydrogen-bond donors (Lipinski definition) is 1. The van der Waals surface area contributed by atoms with Crippen LogP contribution in [0.1, 0.15) is 25.8 Å². The van der Waals surface area contributed by atoms with E-state index in [4.69, 9.17) is 0 Å². The van der Waals surface area contributed by atoms with E-state index in [0.717, 1.165) is 11.3 Å². The molecule has 0 radical (unpaired) electrons. The Morgan fingerprint density at radius 3 is 2.52 bits per heavy atom. The van der Waals surface area contributed by atoms with Gasteiger partial charge in [-0.2, -0.15) is 0 Å². The second-order valence-corrected chi connectivity index (χ2v) is 9.05. The molecule has 3 aliphatic heterocycles. The number of piperidine rings is 1. The summed E-state index contributed by atoms with van der Waals surface area (Å²) in [5.41, 5.74) is -0.0154. The third-order valence-corrected chi connectivity index (χ3v) is 6.92. The Morgan fingerprint density at radius 1 is 1.03 bits per heavy atom. The Kier molecular flexibility index (Phi) is 4.39. The van der Waals surface area contributed by atoms with Crippen LogP contribution in [0.25, 0.3) is 0 Å². The van der Waals surface area contributed by atoms with E-state index in [-0.39, 0.29) is 24.1 Å². The van der Waals surface area contributed by atoms with E-state index in [9.17, 15) is 18.8 Å². The van der Waals surface area contributed by atoms with Crippen LogP contribution in [0, 0.1) is 23.1 Å². The number of carbonyl (C=O) groups excluding carboxylic acids is 3. The molecule has 3 heterocycles. The summed E-state index contributed by atoms with van der Waals surface area (Å²) >= 11 is 0. The van der Waals surface area contributed by atoms with E-state index < -0.39 is 29.3 Å². The number of anilines is 2. The van der Waals surface area contributed by atoms with Gasteiger partial charge in [-0.25, -0.2) is 14.1 Å². The summed E-state index contributed by atoms with van der Waals surface area (Å²) in [6.07, 6.45) is 0.869. The number of imide groups is 2. The third-order valence-electron chi connectivity index (χ3n) is 6.92. The van der Waals surface area contributed by atoms with Crippen LogP contribution in [0.4, 0.5) is 20.6 Å². The summed E-state index contributed by atoms with van der Waals surface area (Å²) in [6, 6.07) is 12.1. The lowest BCUT2D eigenvalue weighted by molar-refractivity contribution is -0.146. The molecule has 31 heavy (non-hydrogen) atoms. The molecule has 6 nitrogen and oxygen atoms in total. The molecule has 0 aromatic heterocycles. The summed E-state index contributed by atoms with van der Waals surface area (Å²) in [7, 11) is 0. The zero-order chi connectivity index (χ0) is 21.9. The molecule has 0 unspecified atom stereocenters. The van der Waals surface area contributed by atoms with E-state index in [2.05, 4.69) is 12.2 Å². The fourth-order valence-electron chi connectivity index (χ4n) is 5.89. The molecule has 2 saturated heterocycles. The van der Waals surface area contributed by atoms with Crippen molar-refractivity contribution in [2.45, 2.75) is 32.7 Å². The van der Waals surface area contributed by atoms with Crippen LogP contribution in [-0.4, -0.2) is 30.4 Å². The smallest absolute Gasteiger partial charge is 0.335 e. The molecular formula is C24H24FN3O3. The largest absolute Gasteiger partial charge is 0.364 e. The van der Waals surface area contributed by atoms with Crippen molar-refractivity contribution in [2.24, 2.45) is 17.3 Å². The lowest BCUT2D eigenvalue weighted by atomic mass is 9.62. The first-order valence-corrected chi connectivity index (χ1v) is 10.6. The maximum absolute atomic E-state index is 15.0. The Labute approximate surface area is 180 Å². The quantitative estimate of drug-likeness (QED) is 0.716. The van der Waals surface area contributed by atoms with Gasteiger partial charge in [0, 0.05) is 6.54 Å². The molecule has 1 spiro atoms. The summed E-state index contributed by atoms with van der Waals surface area (Å²) < 4.78 is 15.0. The summed E-state index contributed by atoms with van der Waals surface area (Å²) in [5.74, 6) is -1.25. The van der Waals surface area contributed by atoms with Crippen LogP contribution >= 0.6 is 0 Å². The molecule has 2 aromatic carbocycles. The highest BCUT2D eigenvalue weighted by atomic mass is 19.1. The van der Waals surface area contributed by atoms with E-state index in [1.165, 1.54) is 6.07 Å². The van der Waals surface area contributed by atoms with Crippen molar-refractivity contribution < 1.29 is 18.8 Å². The minimum atomic E-state index is -1.51. The zero-order valence-corrected chi connectivity index (χ0v) is 17.5. The van der Waals surface area contributed by atoms with Crippen LogP contribution in [-0.2, 0) is 16.0 Å². The standard InChI is InChI=1S/C24H24FN3O3/c1-14-11-15(2)20-24(12-16-7-6-10-18(25)19(16)27(20)13-14)21(29)26-23(31)28(22(24)30)17-8-4-3-5-9-17/h3-10,14-15,20H,11-13H2,1-2H3,(H,26,29,31)/t14-,15+,20+,24-/m1/s1. The minimum Gasteiger partial charge on any atom is -0.364 e. The number of hydrogen-bond acceptors (Lipinski definition) is 4. The third kappa shape index (κ3) is 2.72. The molecule has 0 saturated carbocycles. The van der Waals surface area contributed by atoms with E-state index >= 15 is 0 Å². The van der Waals surface area contributed by atoms with E-state index in [0.29, 0.717) is 23.5 Å². The molecule has 160 valence electrons. The average Bonchev–Trinajstić information content (AvgIpc) is 2.72. The van der Waals surface area contributed by atoms with Gasteiger partial charge in [-0.1, -0.05) is 44.2 Å². The Balaban J connectivity index is 1.72. The minimum absolute atomic E-state index is 0.0444. The predicted molar refractivity (Wildman–Crippen MR) is 114 cm³/mol. The van der Waals surface area contributed by atoms with Gasteiger partial charge in [-0.3, -0.25) is 14.9 Å². The van der Waals surface area contributed by atoms with Crippen LogP contribution in [0.15, 0.2) is 48.5 Å². The van der Waals surface area contributed by atoms with Crippen molar-refractivity contribution in [3.63, 3.8) is 0 Å². The number of carbonyl (C=O) groups is 3. The average molecular weight is 421 g/mol. The van der Waals surface area contributed by atoms with Gasteiger partial charge in [-0.05, 0) is 48.4 Å². The monoisotopic (exact) mass is 421 g/mol. The number of benzene rings is 2. The van der Waals surface area contributed by atoms with E-state index in [1.807, 2.05) is 11.8 Å². The molecular weight excluding hydrogens is 397 g/mol. The predicted octanol–water partition coefficient (Wildman–Crippen LogP) is 3.50. The van der Waals surface area contributed by atoms with Crippen molar-refractivity contribution in [2.75, 3.05) is 16.3 Å². The molecule has 2 aromatic rings. The topological polar surface area (TPSA) is 69.7 Å².